The summed E-state index contributed by atoms with van der Waals surface area (Å²) < 4.78 is 18.6. The Morgan fingerprint density at radius 1 is 1.08 bits per heavy atom. The molecular formula is C18H26FN3O3. The number of hydrogen-bond acceptors (Lipinski definition) is 3. The highest BCUT2D eigenvalue weighted by atomic mass is 19.1. The fourth-order valence-corrected chi connectivity index (χ4v) is 2.77. The van der Waals surface area contributed by atoms with Gasteiger partial charge in [-0.25, -0.2) is 9.18 Å². The van der Waals surface area contributed by atoms with Gasteiger partial charge in [-0.15, -0.1) is 0 Å². The van der Waals surface area contributed by atoms with Gasteiger partial charge in [0.25, 0.3) is 0 Å². The number of urea groups is 1. The minimum Gasteiger partial charge on any atom is -0.489 e. The zero-order valence-corrected chi connectivity index (χ0v) is 14.4. The molecule has 0 bridgehead atoms. The minimum atomic E-state index is -0.429. The summed E-state index contributed by atoms with van der Waals surface area (Å²) in [6, 6.07) is 6.15. The zero-order chi connectivity index (χ0) is 17.9. The third kappa shape index (κ3) is 7.41. The summed E-state index contributed by atoms with van der Waals surface area (Å²) in [6.45, 7) is 0.738. The molecule has 3 amide bonds. The molecule has 0 saturated heterocycles. The quantitative estimate of drug-likeness (QED) is 0.629. The molecule has 1 aromatic carbocycles. The summed E-state index contributed by atoms with van der Waals surface area (Å²) in [5.74, 6) is -0.449. The Labute approximate surface area is 147 Å². The van der Waals surface area contributed by atoms with E-state index in [1.165, 1.54) is 18.6 Å². The third-order valence-electron chi connectivity index (χ3n) is 4.10. The smallest absolute Gasteiger partial charge is 0.315 e. The van der Waals surface area contributed by atoms with Crippen molar-refractivity contribution in [1.29, 1.82) is 0 Å². The second-order valence-electron chi connectivity index (χ2n) is 6.11. The summed E-state index contributed by atoms with van der Waals surface area (Å²) in [5, 5.41) is 8.29. The van der Waals surface area contributed by atoms with Crippen LogP contribution in [0.1, 0.15) is 38.5 Å². The third-order valence-corrected chi connectivity index (χ3v) is 4.10. The van der Waals surface area contributed by atoms with E-state index in [2.05, 4.69) is 16.0 Å². The monoisotopic (exact) mass is 351 g/mol. The minimum absolute atomic E-state index is 0.165. The van der Waals surface area contributed by atoms with E-state index in [1.807, 2.05) is 0 Å². The number of hydrogen-bond donors (Lipinski definition) is 3. The van der Waals surface area contributed by atoms with Gasteiger partial charge in [-0.3, -0.25) is 4.79 Å². The number of carbonyl (C=O) groups excluding carboxylic acids is 2. The molecule has 7 heteroatoms. The van der Waals surface area contributed by atoms with Gasteiger partial charge in [0.2, 0.25) is 5.91 Å². The van der Waals surface area contributed by atoms with Crippen molar-refractivity contribution >= 4 is 11.9 Å². The van der Waals surface area contributed by atoms with Crippen LogP contribution in [0.5, 0.6) is 5.75 Å². The molecule has 0 heterocycles. The Morgan fingerprint density at radius 3 is 2.60 bits per heavy atom. The SMILES string of the molecule is O=C(CCNC(=O)NC1CCCCC1)NCCOc1ccccc1F. The van der Waals surface area contributed by atoms with Crippen LogP contribution >= 0.6 is 0 Å². The molecule has 1 aromatic rings. The van der Waals surface area contributed by atoms with Gasteiger partial charge in [0.05, 0.1) is 6.54 Å². The van der Waals surface area contributed by atoms with Crippen molar-refractivity contribution in [1.82, 2.24) is 16.0 Å². The van der Waals surface area contributed by atoms with Gasteiger partial charge < -0.3 is 20.7 Å². The van der Waals surface area contributed by atoms with Gasteiger partial charge in [0.1, 0.15) is 6.61 Å². The molecule has 0 aromatic heterocycles. The maximum absolute atomic E-state index is 13.3. The van der Waals surface area contributed by atoms with Crippen LogP contribution in [0.4, 0.5) is 9.18 Å². The lowest BCUT2D eigenvalue weighted by Crippen LogP contribution is -2.44. The first-order valence-electron chi connectivity index (χ1n) is 8.83. The molecule has 1 aliphatic rings. The molecule has 1 aliphatic carbocycles. The Balaban J connectivity index is 1.50. The van der Waals surface area contributed by atoms with Crippen molar-refractivity contribution in [3.8, 4) is 5.75 Å². The van der Waals surface area contributed by atoms with E-state index < -0.39 is 5.82 Å². The summed E-state index contributed by atoms with van der Waals surface area (Å²) in [6.07, 6.45) is 5.79. The van der Waals surface area contributed by atoms with E-state index in [0.29, 0.717) is 0 Å². The van der Waals surface area contributed by atoms with Crippen molar-refractivity contribution in [2.24, 2.45) is 0 Å². The Morgan fingerprint density at radius 2 is 1.84 bits per heavy atom. The number of benzene rings is 1. The molecule has 1 saturated carbocycles. The number of para-hydroxylation sites is 1. The van der Waals surface area contributed by atoms with Gasteiger partial charge in [0.15, 0.2) is 11.6 Å². The van der Waals surface area contributed by atoms with Crippen molar-refractivity contribution in [3.05, 3.63) is 30.1 Å². The largest absolute Gasteiger partial charge is 0.489 e. The van der Waals surface area contributed by atoms with E-state index in [4.69, 9.17) is 4.74 Å². The number of nitrogens with one attached hydrogen (secondary N) is 3. The van der Waals surface area contributed by atoms with Gasteiger partial charge in [0, 0.05) is 19.0 Å². The van der Waals surface area contributed by atoms with Crippen LogP contribution in [0.2, 0.25) is 0 Å². The second kappa shape index (κ2) is 10.5. The highest BCUT2D eigenvalue weighted by Gasteiger charge is 2.15. The van der Waals surface area contributed by atoms with Crippen LogP contribution in [0, 0.1) is 5.82 Å². The summed E-state index contributed by atoms with van der Waals surface area (Å²) >= 11 is 0. The number of amides is 3. The highest BCUT2D eigenvalue weighted by Crippen LogP contribution is 2.17. The molecular weight excluding hydrogens is 325 g/mol. The van der Waals surface area contributed by atoms with Crippen LogP contribution < -0.4 is 20.7 Å². The zero-order valence-electron chi connectivity index (χ0n) is 14.4. The van der Waals surface area contributed by atoms with E-state index in [9.17, 15) is 14.0 Å². The normalized spacial score (nSPS) is 14.6. The van der Waals surface area contributed by atoms with Crippen LogP contribution in [0.15, 0.2) is 24.3 Å². The molecule has 0 radical (unpaired) electrons. The van der Waals surface area contributed by atoms with Crippen LogP contribution in [0.3, 0.4) is 0 Å². The Bertz CT molecular complexity index is 562. The van der Waals surface area contributed by atoms with E-state index >= 15 is 0 Å². The molecule has 0 aliphatic heterocycles. The van der Waals surface area contributed by atoms with E-state index in [1.54, 1.807) is 12.1 Å². The van der Waals surface area contributed by atoms with Crippen molar-refractivity contribution < 1.29 is 18.7 Å². The Kier molecular flexibility index (Phi) is 8.01. The molecule has 138 valence electrons. The standard InChI is InChI=1S/C18H26FN3O3/c19-15-8-4-5-9-16(15)25-13-12-20-17(23)10-11-21-18(24)22-14-6-2-1-3-7-14/h4-5,8-9,14H,1-3,6-7,10-13H2,(H,20,23)(H2,21,22,24). The lowest BCUT2D eigenvalue weighted by molar-refractivity contribution is -0.121. The number of carbonyl (C=O) groups is 2. The lowest BCUT2D eigenvalue weighted by Gasteiger charge is -2.22. The van der Waals surface area contributed by atoms with Gasteiger partial charge >= 0.3 is 6.03 Å². The molecule has 2 rings (SSSR count). The van der Waals surface area contributed by atoms with E-state index in [0.717, 1.165) is 25.7 Å². The van der Waals surface area contributed by atoms with E-state index in [-0.39, 0.29) is 49.8 Å². The van der Waals surface area contributed by atoms with Crippen LogP contribution in [-0.2, 0) is 4.79 Å². The average Bonchev–Trinajstić information content (AvgIpc) is 2.61. The highest BCUT2D eigenvalue weighted by molar-refractivity contribution is 5.78. The van der Waals surface area contributed by atoms with Gasteiger partial charge in [-0.2, -0.15) is 0 Å². The van der Waals surface area contributed by atoms with Crippen molar-refractivity contribution in [2.45, 2.75) is 44.6 Å². The van der Waals surface area contributed by atoms with Gasteiger partial charge in [-0.05, 0) is 25.0 Å². The fraction of sp³-hybridized carbons (Fsp3) is 0.556. The first kappa shape index (κ1) is 19.0. The first-order valence-corrected chi connectivity index (χ1v) is 8.83. The molecule has 0 unspecified atom stereocenters. The number of rotatable bonds is 8. The first-order chi connectivity index (χ1) is 12.1. The average molecular weight is 351 g/mol. The summed E-state index contributed by atoms with van der Waals surface area (Å²) in [5.41, 5.74) is 0. The van der Waals surface area contributed by atoms with Crippen LogP contribution in [-0.4, -0.2) is 37.7 Å². The lowest BCUT2D eigenvalue weighted by atomic mass is 9.96. The maximum atomic E-state index is 13.3. The molecule has 1 fully saturated rings. The van der Waals surface area contributed by atoms with Crippen LogP contribution in [0.25, 0.3) is 0 Å². The predicted molar refractivity (Wildman–Crippen MR) is 92.9 cm³/mol. The molecule has 3 N–H and O–H groups in total. The predicted octanol–water partition coefficient (Wildman–Crippen LogP) is 2.34. The summed E-state index contributed by atoms with van der Waals surface area (Å²) in [4.78, 5) is 23.4. The summed E-state index contributed by atoms with van der Waals surface area (Å²) in [7, 11) is 0. The maximum Gasteiger partial charge on any atom is 0.315 e. The molecule has 0 atom stereocenters. The number of ether oxygens (including phenoxy) is 1. The van der Waals surface area contributed by atoms with Crippen molar-refractivity contribution in [3.63, 3.8) is 0 Å². The van der Waals surface area contributed by atoms with Crippen molar-refractivity contribution in [2.75, 3.05) is 19.7 Å². The molecule has 0 spiro atoms. The van der Waals surface area contributed by atoms with Gasteiger partial charge in [-0.1, -0.05) is 31.4 Å². The fourth-order valence-electron chi connectivity index (χ4n) is 2.77. The topological polar surface area (TPSA) is 79.5 Å². The number of halogens is 1. The Hall–Kier alpha value is -2.31. The molecule has 6 nitrogen and oxygen atoms in total. The second-order valence-corrected chi connectivity index (χ2v) is 6.11. The molecule has 25 heavy (non-hydrogen) atoms.